The first kappa shape index (κ1) is 18.6. The number of carbonyl (C=O) groups is 1. The smallest absolute Gasteiger partial charge is 0.256 e. The van der Waals surface area contributed by atoms with E-state index in [1.165, 1.54) is 5.56 Å². The molecular weight excluding hydrogens is 366 g/mol. The number of ether oxygens (including phenoxy) is 2. The lowest BCUT2D eigenvalue weighted by molar-refractivity contribution is -0.132. The number of nitrogens with one attached hydrogen (secondary N) is 1. The summed E-state index contributed by atoms with van der Waals surface area (Å²) in [6.45, 7) is 4.88. The first-order chi connectivity index (χ1) is 14.2. The number of hydrogen-bond acceptors (Lipinski definition) is 5. The molecule has 1 aromatic heterocycles. The largest absolute Gasteiger partial charge is 0.381 e. The Morgan fingerprint density at radius 3 is 2.97 bits per heavy atom. The van der Waals surface area contributed by atoms with E-state index in [2.05, 4.69) is 35.4 Å². The number of rotatable bonds is 2. The summed E-state index contributed by atoms with van der Waals surface area (Å²) in [5.74, 6) is 1.67. The highest BCUT2D eigenvalue weighted by molar-refractivity contribution is 6.01. The molecule has 0 bridgehead atoms. The predicted octanol–water partition coefficient (Wildman–Crippen LogP) is 3.99. The van der Waals surface area contributed by atoms with E-state index in [0.29, 0.717) is 25.0 Å². The normalized spacial score (nSPS) is 26.2. The lowest BCUT2D eigenvalue weighted by Gasteiger charge is -2.30. The van der Waals surface area contributed by atoms with E-state index in [1.54, 1.807) is 6.20 Å². The van der Waals surface area contributed by atoms with Crippen molar-refractivity contribution in [2.45, 2.75) is 44.8 Å². The Morgan fingerprint density at radius 1 is 1.24 bits per heavy atom. The summed E-state index contributed by atoms with van der Waals surface area (Å²) in [7, 11) is 0. The van der Waals surface area contributed by atoms with Crippen molar-refractivity contribution in [3.8, 4) is 0 Å². The monoisotopic (exact) mass is 393 g/mol. The second kappa shape index (κ2) is 7.76. The van der Waals surface area contributed by atoms with Crippen molar-refractivity contribution in [3.05, 3.63) is 47.7 Å². The van der Waals surface area contributed by atoms with E-state index in [4.69, 9.17) is 9.47 Å². The van der Waals surface area contributed by atoms with Crippen LogP contribution < -0.4 is 10.2 Å². The SMILES string of the molecule is C[C@H]1COC[C@H]1c1ccc2c(c1)N(C(=O)[C@H]1CCCCO1)Cc1cccnc1N2. The molecule has 0 unspecified atom stereocenters. The van der Waals surface area contributed by atoms with Crippen LogP contribution in [0.25, 0.3) is 0 Å². The molecule has 2 fully saturated rings. The van der Waals surface area contributed by atoms with E-state index < -0.39 is 0 Å². The molecular formula is C23H27N3O3. The van der Waals surface area contributed by atoms with Crippen LogP contribution in [0.1, 0.15) is 43.2 Å². The molecule has 0 radical (unpaired) electrons. The van der Waals surface area contributed by atoms with Gasteiger partial charge in [-0.2, -0.15) is 0 Å². The molecule has 1 amide bonds. The van der Waals surface area contributed by atoms with E-state index in [1.807, 2.05) is 17.0 Å². The summed E-state index contributed by atoms with van der Waals surface area (Å²) < 4.78 is 11.5. The van der Waals surface area contributed by atoms with E-state index in [-0.39, 0.29) is 12.0 Å². The van der Waals surface area contributed by atoms with Gasteiger partial charge in [-0.25, -0.2) is 4.98 Å². The maximum absolute atomic E-state index is 13.5. The van der Waals surface area contributed by atoms with Crippen LogP contribution in [0.4, 0.5) is 17.2 Å². The third-order valence-corrected chi connectivity index (χ3v) is 6.30. The third kappa shape index (κ3) is 3.51. The molecule has 1 N–H and O–H groups in total. The van der Waals surface area contributed by atoms with Gasteiger partial charge in [0.15, 0.2) is 0 Å². The van der Waals surface area contributed by atoms with Crippen LogP contribution in [0.5, 0.6) is 0 Å². The molecule has 4 heterocycles. The summed E-state index contributed by atoms with van der Waals surface area (Å²) in [6, 6.07) is 10.3. The molecule has 152 valence electrons. The Balaban J connectivity index is 1.56. The number of hydrogen-bond donors (Lipinski definition) is 1. The highest BCUT2D eigenvalue weighted by Crippen LogP contribution is 2.40. The van der Waals surface area contributed by atoms with Gasteiger partial charge in [0.1, 0.15) is 11.9 Å². The molecule has 3 aliphatic heterocycles. The summed E-state index contributed by atoms with van der Waals surface area (Å²) in [6.07, 6.45) is 4.25. The van der Waals surface area contributed by atoms with Crippen molar-refractivity contribution in [2.75, 3.05) is 30.0 Å². The maximum Gasteiger partial charge on any atom is 0.256 e. The standard InChI is InChI=1S/C23H27N3O3/c1-15-13-28-14-18(15)16-7-8-19-20(11-16)26(23(27)21-6-2-3-10-29-21)12-17-5-4-9-24-22(17)25-19/h4-5,7-9,11,15,18,21H,2-3,6,10,12-14H2,1H3,(H,24,25)/t15-,18+,21+/m0/s1. The summed E-state index contributed by atoms with van der Waals surface area (Å²) in [5.41, 5.74) is 4.03. The second-order valence-corrected chi connectivity index (χ2v) is 8.31. The Hall–Kier alpha value is -2.44. The number of anilines is 3. The molecule has 1 aromatic carbocycles. The molecule has 0 aliphatic carbocycles. The quantitative estimate of drug-likeness (QED) is 0.836. The fraction of sp³-hybridized carbons (Fsp3) is 0.478. The van der Waals surface area contributed by atoms with Crippen molar-refractivity contribution in [3.63, 3.8) is 0 Å². The molecule has 0 saturated carbocycles. The first-order valence-corrected chi connectivity index (χ1v) is 10.6. The third-order valence-electron chi connectivity index (χ3n) is 6.30. The van der Waals surface area contributed by atoms with Gasteiger partial charge in [0, 0.05) is 30.9 Å². The van der Waals surface area contributed by atoms with Crippen LogP contribution >= 0.6 is 0 Å². The van der Waals surface area contributed by atoms with Crippen LogP contribution in [0.2, 0.25) is 0 Å². The highest BCUT2D eigenvalue weighted by Gasteiger charge is 2.33. The highest BCUT2D eigenvalue weighted by atomic mass is 16.5. The van der Waals surface area contributed by atoms with E-state index in [9.17, 15) is 4.79 Å². The topological polar surface area (TPSA) is 63.7 Å². The Bertz CT molecular complexity index is 910. The van der Waals surface area contributed by atoms with Gasteiger partial charge in [0.2, 0.25) is 0 Å². The second-order valence-electron chi connectivity index (χ2n) is 8.31. The van der Waals surface area contributed by atoms with Gasteiger partial charge >= 0.3 is 0 Å². The van der Waals surface area contributed by atoms with Gasteiger partial charge in [0.25, 0.3) is 5.91 Å². The molecule has 0 spiro atoms. The minimum absolute atomic E-state index is 0.0392. The van der Waals surface area contributed by atoms with Crippen LogP contribution in [0.3, 0.4) is 0 Å². The Kier molecular flexibility index (Phi) is 4.97. The number of aromatic nitrogens is 1. The molecule has 5 rings (SSSR count). The molecule has 3 atom stereocenters. The van der Waals surface area contributed by atoms with Crippen LogP contribution in [0, 0.1) is 5.92 Å². The van der Waals surface area contributed by atoms with E-state index in [0.717, 1.165) is 55.2 Å². The molecule has 2 aromatic rings. The van der Waals surface area contributed by atoms with Gasteiger partial charge in [-0.15, -0.1) is 0 Å². The zero-order chi connectivity index (χ0) is 19.8. The van der Waals surface area contributed by atoms with Crippen LogP contribution in [-0.2, 0) is 20.8 Å². The van der Waals surface area contributed by atoms with Crippen molar-refractivity contribution in [2.24, 2.45) is 5.92 Å². The van der Waals surface area contributed by atoms with Crippen LogP contribution in [0.15, 0.2) is 36.5 Å². The number of carbonyl (C=O) groups excluding carboxylic acids is 1. The van der Waals surface area contributed by atoms with Crippen molar-refractivity contribution < 1.29 is 14.3 Å². The molecule has 2 saturated heterocycles. The molecule has 6 heteroatoms. The van der Waals surface area contributed by atoms with Gasteiger partial charge in [-0.3, -0.25) is 4.79 Å². The average molecular weight is 393 g/mol. The van der Waals surface area contributed by atoms with Gasteiger partial charge < -0.3 is 19.7 Å². The van der Waals surface area contributed by atoms with Crippen LogP contribution in [-0.4, -0.2) is 36.8 Å². The number of nitrogens with zero attached hydrogens (tertiary/aromatic N) is 2. The first-order valence-electron chi connectivity index (χ1n) is 10.6. The Morgan fingerprint density at radius 2 is 2.17 bits per heavy atom. The zero-order valence-electron chi connectivity index (χ0n) is 16.8. The number of amides is 1. The molecule has 3 aliphatic rings. The molecule has 29 heavy (non-hydrogen) atoms. The zero-order valence-corrected chi connectivity index (χ0v) is 16.8. The number of benzene rings is 1. The number of pyridine rings is 1. The average Bonchev–Trinajstić information content (AvgIpc) is 3.11. The Labute approximate surface area is 171 Å². The minimum Gasteiger partial charge on any atom is -0.381 e. The predicted molar refractivity (Wildman–Crippen MR) is 111 cm³/mol. The summed E-state index contributed by atoms with van der Waals surface area (Å²) >= 11 is 0. The fourth-order valence-electron chi connectivity index (χ4n) is 4.56. The summed E-state index contributed by atoms with van der Waals surface area (Å²) in [4.78, 5) is 19.9. The van der Waals surface area contributed by atoms with Crippen molar-refractivity contribution in [1.82, 2.24) is 4.98 Å². The lowest BCUT2D eigenvalue weighted by atomic mass is 9.89. The fourth-order valence-corrected chi connectivity index (χ4v) is 4.56. The minimum atomic E-state index is -0.368. The van der Waals surface area contributed by atoms with Crippen molar-refractivity contribution >= 4 is 23.1 Å². The lowest BCUT2D eigenvalue weighted by Crippen LogP contribution is -2.41. The summed E-state index contributed by atoms with van der Waals surface area (Å²) in [5, 5.41) is 3.44. The maximum atomic E-state index is 13.5. The van der Waals surface area contributed by atoms with E-state index >= 15 is 0 Å². The van der Waals surface area contributed by atoms with Crippen molar-refractivity contribution in [1.29, 1.82) is 0 Å². The van der Waals surface area contributed by atoms with Gasteiger partial charge in [0.05, 0.1) is 24.5 Å². The van der Waals surface area contributed by atoms with Gasteiger partial charge in [-0.05, 0) is 48.9 Å². The number of fused-ring (bicyclic) bond motifs is 2. The van der Waals surface area contributed by atoms with Gasteiger partial charge in [-0.1, -0.05) is 19.1 Å². The molecule has 6 nitrogen and oxygen atoms in total.